The number of hydrogen-bond acceptors (Lipinski definition) is 2. The van der Waals surface area contributed by atoms with Crippen molar-refractivity contribution in [2.75, 3.05) is 18.4 Å². The molecule has 2 N–H and O–H groups in total. The van der Waals surface area contributed by atoms with Gasteiger partial charge in [-0.05, 0) is 49.9 Å². The molecular weight excluding hydrogens is 260 g/mol. The van der Waals surface area contributed by atoms with E-state index >= 15 is 0 Å². The Kier molecular flexibility index (Phi) is 6.89. The van der Waals surface area contributed by atoms with E-state index < -0.39 is 0 Å². The lowest BCUT2D eigenvalue weighted by Gasteiger charge is -2.10. The molecule has 106 valence electrons. The lowest BCUT2D eigenvalue weighted by molar-refractivity contribution is -0.115. The van der Waals surface area contributed by atoms with Gasteiger partial charge in [0.25, 0.3) is 0 Å². The van der Waals surface area contributed by atoms with Gasteiger partial charge in [-0.1, -0.05) is 31.5 Å². The number of carbonyl (C=O) groups is 1. The van der Waals surface area contributed by atoms with E-state index in [9.17, 15) is 4.79 Å². The minimum absolute atomic E-state index is 0.0325. The van der Waals surface area contributed by atoms with Gasteiger partial charge in [-0.2, -0.15) is 0 Å². The molecule has 1 aromatic rings. The first-order valence-corrected chi connectivity index (χ1v) is 7.13. The lowest BCUT2D eigenvalue weighted by Crippen LogP contribution is -2.29. The van der Waals surface area contributed by atoms with Crippen molar-refractivity contribution in [1.82, 2.24) is 5.32 Å². The molecule has 0 saturated carbocycles. The summed E-state index contributed by atoms with van der Waals surface area (Å²) in [6.07, 6.45) is 2.28. The van der Waals surface area contributed by atoms with Crippen molar-refractivity contribution in [3.8, 4) is 0 Å². The number of halogens is 1. The summed E-state index contributed by atoms with van der Waals surface area (Å²) in [6.45, 7) is 7.56. The van der Waals surface area contributed by atoms with Crippen LogP contribution in [0.25, 0.3) is 0 Å². The average molecular weight is 283 g/mol. The topological polar surface area (TPSA) is 41.1 Å². The minimum Gasteiger partial charge on any atom is -0.325 e. The summed E-state index contributed by atoms with van der Waals surface area (Å²) in [4.78, 5) is 11.8. The molecule has 4 heteroatoms. The molecule has 1 aromatic carbocycles. The Morgan fingerprint density at radius 1 is 1.37 bits per heavy atom. The van der Waals surface area contributed by atoms with Crippen molar-refractivity contribution in [1.29, 1.82) is 0 Å². The van der Waals surface area contributed by atoms with E-state index in [1.165, 1.54) is 6.42 Å². The summed E-state index contributed by atoms with van der Waals surface area (Å²) >= 11 is 5.91. The predicted octanol–water partition coefficient (Wildman–Crippen LogP) is 3.61. The van der Waals surface area contributed by atoms with Crippen LogP contribution in [0, 0.1) is 12.8 Å². The first-order chi connectivity index (χ1) is 8.99. The van der Waals surface area contributed by atoms with Gasteiger partial charge in [0.05, 0.1) is 6.54 Å². The number of aryl methyl sites for hydroxylation is 1. The van der Waals surface area contributed by atoms with E-state index in [0.717, 1.165) is 24.2 Å². The molecule has 0 atom stereocenters. The van der Waals surface area contributed by atoms with Crippen LogP contribution < -0.4 is 10.6 Å². The Morgan fingerprint density at radius 3 is 2.79 bits per heavy atom. The summed E-state index contributed by atoms with van der Waals surface area (Å²) in [5, 5.41) is 6.65. The van der Waals surface area contributed by atoms with Gasteiger partial charge in [-0.25, -0.2) is 0 Å². The molecule has 0 unspecified atom stereocenters. The normalized spacial score (nSPS) is 10.8. The molecule has 1 rings (SSSR count). The van der Waals surface area contributed by atoms with Crippen molar-refractivity contribution in [2.24, 2.45) is 5.92 Å². The number of rotatable bonds is 7. The van der Waals surface area contributed by atoms with Crippen molar-refractivity contribution >= 4 is 23.2 Å². The average Bonchev–Trinajstić information content (AvgIpc) is 2.33. The van der Waals surface area contributed by atoms with Gasteiger partial charge in [-0.15, -0.1) is 0 Å². The molecule has 0 saturated heterocycles. The summed E-state index contributed by atoms with van der Waals surface area (Å²) in [5.74, 6) is 0.680. The van der Waals surface area contributed by atoms with Crippen LogP contribution >= 0.6 is 11.6 Å². The Labute approximate surface area is 120 Å². The van der Waals surface area contributed by atoms with E-state index in [2.05, 4.69) is 24.5 Å². The standard InChI is InChI=1S/C15H23ClN2O/c1-11(2)5-4-8-17-10-15(19)18-14-9-13(16)7-6-12(14)3/h6-7,9,11,17H,4-5,8,10H2,1-3H3,(H,18,19). The fourth-order valence-electron chi connectivity index (χ4n) is 1.76. The largest absolute Gasteiger partial charge is 0.325 e. The smallest absolute Gasteiger partial charge is 0.238 e. The maximum atomic E-state index is 11.8. The van der Waals surface area contributed by atoms with Crippen LogP contribution in [0.2, 0.25) is 5.02 Å². The fourth-order valence-corrected chi connectivity index (χ4v) is 1.93. The van der Waals surface area contributed by atoms with Crippen LogP contribution in [0.15, 0.2) is 18.2 Å². The molecule has 0 aromatic heterocycles. The SMILES string of the molecule is Cc1ccc(Cl)cc1NC(=O)CNCCCC(C)C. The number of benzene rings is 1. The van der Waals surface area contributed by atoms with Gasteiger partial charge in [-0.3, -0.25) is 4.79 Å². The van der Waals surface area contributed by atoms with Gasteiger partial charge in [0.2, 0.25) is 5.91 Å². The number of carbonyl (C=O) groups excluding carboxylic acids is 1. The maximum absolute atomic E-state index is 11.8. The molecule has 19 heavy (non-hydrogen) atoms. The van der Waals surface area contributed by atoms with Crippen molar-refractivity contribution in [2.45, 2.75) is 33.6 Å². The Bertz CT molecular complexity index is 419. The van der Waals surface area contributed by atoms with Crippen LogP contribution in [-0.2, 0) is 4.79 Å². The quantitative estimate of drug-likeness (QED) is 0.750. The van der Waals surface area contributed by atoms with Crippen molar-refractivity contribution in [3.63, 3.8) is 0 Å². The highest BCUT2D eigenvalue weighted by Gasteiger charge is 2.05. The fraction of sp³-hybridized carbons (Fsp3) is 0.533. The molecule has 0 bridgehead atoms. The van der Waals surface area contributed by atoms with E-state index in [0.29, 0.717) is 17.5 Å². The molecule has 0 fully saturated rings. The summed E-state index contributed by atoms with van der Waals surface area (Å²) in [5.41, 5.74) is 1.79. The van der Waals surface area contributed by atoms with Gasteiger partial charge in [0.1, 0.15) is 0 Å². The van der Waals surface area contributed by atoms with E-state index in [-0.39, 0.29) is 5.91 Å². The Balaban J connectivity index is 2.29. The minimum atomic E-state index is -0.0325. The summed E-state index contributed by atoms with van der Waals surface area (Å²) in [6, 6.07) is 5.48. The number of amides is 1. The molecule has 3 nitrogen and oxygen atoms in total. The second-order valence-electron chi connectivity index (χ2n) is 5.22. The van der Waals surface area contributed by atoms with Crippen molar-refractivity contribution in [3.05, 3.63) is 28.8 Å². The molecule has 0 aliphatic rings. The third kappa shape index (κ3) is 6.60. The highest BCUT2D eigenvalue weighted by molar-refractivity contribution is 6.31. The van der Waals surface area contributed by atoms with Gasteiger partial charge in [0.15, 0.2) is 0 Å². The predicted molar refractivity (Wildman–Crippen MR) is 81.8 cm³/mol. The Hall–Kier alpha value is -1.06. The van der Waals surface area contributed by atoms with Crippen molar-refractivity contribution < 1.29 is 4.79 Å². The second-order valence-corrected chi connectivity index (χ2v) is 5.66. The van der Waals surface area contributed by atoms with Crippen LogP contribution in [0.1, 0.15) is 32.3 Å². The molecular formula is C15H23ClN2O. The monoisotopic (exact) mass is 282 g/mol. The molecule has 1 amide bonds. The van der Waals surface area contributed by atoms with E-state index in [1.807, 2.05) is 19.1 Å². The van der Waals surface area contributed by atoms with Gasteiger partial charge in [0, 0.05) is 10.7 Å². The highest BCUT2D eigenvalue weighted by Crippen LogP contribution is 2.19. The number of nitrogens with one attached hydrogen (secondary N) is 2. The van der Waals surface area contributed by atoms with Gasteiger partial charge >= 0.3 is 0 Å². The summed E-state index contributed by atoms with van der Waals surface area (Å²) in [7, 11) is 0. The van der Waals surface area contributed by atoms with Crippen LogP contribution in [0.3, 0.4) is 0 Å². The number of hydrogen-bond donors (Lipinski definition) is 2. The first kappa shape index (κ1) is 16.0. The zero-order chi connectivity index (χ0) is 14.3. The molecule has 0 radical (unpaired) electrons. The molecule has 0 aliphatic heterocycles. The molecule has 0 heterocycles. The van der Waals surface area contributed by atoms with Crippen LogP contribution in [0.4, 0.5) is 5.69 Å². The second kappa shape index (κ2) is 8.18. The number of anilines is 1. The zero-order valence-electron chi connectivity index (χ0n) is 11.9. The maximum Gasteiger partial charge on any atom is 0.238 e. The molecule has 0 spiro atoms. The molecule has 0 aliphatic carbocycles. The van der Waals surface area contributed by atoms with Gasteiger partial charge < -0.3 is 10.6 Å². The van der Waals surface area contributed by atoms with Crippen LogP contribution in [-0.4, -0.2) is 19.0 Å². The summed E-state index contributed by atoms with van der Waals surface area (Å²) < 4.78 is 0. The van der Waals surface area contributed by atoms with E-state index in [1.54, 1.807) is 6.07 Å². The lowest BCUT2D eigenvalue weighted by atomic mass is 10.1. The third-order valence-electron chi connectivity index (χ3n) is 2.89. The van der Waals surface area contributed by atoms with E-state index in [4.69, 9.17) is 11.6 Å². The third-order valence-corrected chi connectivity index (χ3v) is 3.13. The highest BCUT2D eigenvalue weighted by atomic mass is 35.5. The Morgan fingerprint density at radius 2 is 2.11 bits per heavy atom. The van der Waals surface area contributed by atoms with Crippen LogP contribution in [0.5, 0.6) is 0 Å². The zero-order valence-corrected chi connectivity index (χ0v) is 12.7. The first-order valence-electron chi connectivity index (χ1n) is 6.75.